The van der Waals surface area contributed by atoms with Gasteiger partial charge in [-0.3, -0.25) is 4.79 Å². The number of carbonyl (C=O) groups is 1. The van der Waals surface area contributed by atoms with Crippen molar-refractivity contribution in [3.8, 4) is 0 Å². The third-order valence-electron chi connectivity index (χ3n) is 1.77. The second-order valence-corrected chi connectivity index (χ2v) is 3.01. The maximum absolute atomic E-state index is 11.7. The Hall–Kier alpha value is -0.820. The zero-order chi connectivity index (χ0) is 11.9. The molecule has 0 radical (unpaired) electrons. The van der Waals surface area contributed by atoms with E-state index < -0.39 is 31.2 Å². The number of carbonyl (C=O) groups excluding carboxylic acids is 1. The Morgan fingerprint density at radius 2 is 2.07 bits per heavy atom. The number of ether oxygens (including phenoxy) is 1. The average Bonchev–Trinajstić information content (AvgIpc) is 2.08. The molecule has 1 atom stereocenters. The molecule has 0 aromatic rings. The van der Waals surface area contributed by atoms with E-state index in [0.717, 1.165) is 0 Å². The van der Waals surface area contributed by atoms with E-state index in [9.17, 15) is 18.0 Å². The predicted molar refractivity (Wildman–Crippen MR) is 48.2 cm³/mol. The highest BCUT2D eigenvalue weighted by Crippen LogP contribution is 2.18. The van der Waals surface area contributed by atoms with E-state index in [2.05, 4.69) is 5.32 Å². The van der Waals surface area contributed by atoms with Gasteiger partial charge >= 0.3 is 6.18 Å². The van der Waals surface area contributed by atoms with Gasteiger partial charge in [-0.25, -0.2) is 0 Å². The summed E-state index contributed by atoms with van der Waals surface area (Å²) in [5.41, 5.74) is 4.99. The highest BCUT2D eigenvalue weighted by atomic mass is 19.4. The number of halogens is 3. The summed E-state index contributed by atoms with van der Waals surface area (Å²) in [5.74, 6) is -0.545. The predicted octanol–water partition coefficient (Wildman–Crippen LogP) is 0.419. The monoisotopic (exact) mass is 228 g/mol. The molecule has 0 bridgehead atoms. The van der Waals surface area contributed by atoms with E-state index in [-0.39, 0.29) is 13.0 Å². The van der Waals surface area contributed by atoms with Crippen LogP contribution in [0.25, 0.3) is 0 Å². The van der Waals surface area contributed by atoms with Gasteiger partial charge in [0.05, 0.1) is 19.1 Å². The number of primary amides is 1. The minimum absolute atomic E-state index is 0.0739. The van der Waals surface area contributed by atoms with Crippen molar-refractivity contribution in [2.45, 2.75) is 25.1 Å². The van der Waals surface area contributed by atoms with Crippen LogP contribution in [0, 0.1) is 0 Å². The number of nitrogens with one attached hydrogen (secondary N) is 1. The lowest BCUT2D eigenvalue weighted by Gasteiger charge is -2.12. The summed E-state index contributed by atoms with van der Waals surface area (Å²) in [4.78, 5) is 10.7. The van der Waals surface area contributed by atoms with Gasteiger partial charge in [0, 0.05) is 6.61 Å². The number of amides is 1. The first-order chi connectivity index (χ1) is 6.87. The quantitative estimate of drug-likeness (QED) is 0.621. The molecule has 90 valence electrons. The van der Waals surface area contributed by atoms with Gasteiger partial charge in [-0.2, -0.15) is 13.2 Å². The van der Waals surface area contributed by atoms with E-state index in [1.54, 1.807) is 7.05 Å². The van der Waals surface area contributed by atoms with Crippen molar-refractivity contribution in [3.05, 3.63) is 0 Å². The summed E-state index contributed by atoms with van der Waals surface area (Å²) in [6, 6.07) is -0.559. The van der Waals surface area contributed by atoms with Gasteiger partial charge in [0.2, 0.25) is 5.91 Å². The van der Waals surface area contributed by atoms with Crippen LogP contribution in [0.4, 0.5) is 13.2 Å². The van der Waals surface area contributed by atoms with Gasteiger partial charge in [-0.15, -0.1) is 0 Å². The van der Waals surface area contributed by atoms with Crippen LogP contribution in [0.15, 0.2) is 0 Å². The molecule has 0 aromatic carbocycles. The van der Waals surface area contributed by atoms with Crippen molar-refractivity contribution < 1.29 is 22.7 Å². The number of nitrogens with two attached hydrogens (primary N) is 1. The topological polar surface area (TPSA) is 64.3 Å². The van der Waals surface area contributed by atoms with Gasteiger partial charge in [0.1, 0.15) is 0 Å². The first kappa shape index (κ1) is 14.2. The van der Waals surface area contributed by atoms with Crippen LogP contribution in [0.3, 0.4) is 0 Å². The molecule has 0 fully saturated rings. The Balaban J connectivity index is 3.49. The first-order valence-electron chi connectivity index (χ1n) is 4.48. The van der Waals surface area contributed by atoms with Crippen LogP contribution < -0.4 is 11.1 Å². The lowest BCUT2D eigenvalue weighted by atomic mass is 10.2. The van der Waals surface area contributed by atoms with Crippen LogP contribution in [-0.4, -0.2) is 38.4 Å². The Kier molecular flexibility index (Phi) is 6.26. The summed E-state index contributed by atoms with van der Waals surface area (Å²) in [7, 11) is 1.55. The van der Waals surface area contributed by atoms with E-state index in [0.29, 0.717) is 0 Å². The van der Waals surface area contributed by atoms with Crippen molar-refractivity contribution in [2.24, 2.45) is 5.73 Å². The largest absolute Gasteiger partial charge is 0.391 e. The zero-order valence-electron chi connectivity index (χ0n) is 8.43. The van der Waals surface area contributed by atoms with E-state index in [4.69, 9.17) is 10.5 Å². The molecule has 0 aliphatic rings. The number of alkyl halides is 3. The molecule has 0 saturated heterocycles. The molecule has 1 amide bonds. The number of likely N-dealkylation sites (N-methyl/N-ethyl adjacent to an activating group) is 1. The maximum atomic E-state index is 11.7. The standard InChI is InChI=1S/C8H15F3N2O2/c1-13-6(7(12)14)2-4-15-5-3-8(9,10)11/h6,13H,2-5H2,1H3,(H2,12,14). The van der Waals surface area contributed by atoms with E-state index >= 15 is 0 Å². The average molecular weight is 228 g/mol. The van der Waals surface area contributed by atoms with Crippen LogP contribution in [0.2, 0.25) is 0 Å². The van der Waals surface area contributed by atoms with Crippen molar-refractivity contribution >= 4 is 5.91 Å². The lowest BCUT2D eigenvalue weighted by Crippen LogP contribution is -2.39. The second-order valence-electron chi connectivity index (χ2n) is 3.01. The summed E-state index contributed by atoms with van der Waals surface area (Å²) in [6.45, 7) is -0.316. The number of hydrogen-bond donors (Lipinski definition) is 2. The van der Waals surface area contributed by atoms with Gasteiger partial charge in [0.25, 0.3) is 0 Å². The highest BCUT2D eigenvalue weighted by molar-refractivity contribution is 5.79. The number of rotatable bonds is 7. The van der Waals surface area contributed by atoms with Crippen molar-refractivity contribution in [1.29, 1.82) is 0 Å². The molecule has 0 rings (SSSR count). The molecule has 1 unspecified atom stereocenters. The fraction of sp³-hybridized carbons (Fsp3) is 0.875. The molecule has 3 N–H and O–H groups in total. The van der Waals surface area contributed by atoms with Crippen molar-refractivity contribution in [3.63, 3.8) is 0 Å². The van der Waals surface area contributed by atoms with Crippen molar-refractivity contribution in [2.75, 3.05) is 20.3 Å². The maximum Gasteiger partial charge on any atom is 0.391 e. The number of hydrogen-bond acceptors (Lipinski definition) is 3. The highest BCUT2D eigenvalue weighted by Gasteiger charge is 2.26. The Morgan fingerprint density at radius 1 is 1.47 bits per heavy atom. The summed E-state index contributed by atoms with van der Waals surface area (Å²) in [6.07, 6.45) is -4.91. The first-order valence-corrected chi connectivity index (χ1v) is 4.48. The minimum Gasteiger partial charge on any atom is -0.381 e. The smallest absolute Gasteiger partial charge is 0.381 e. The molecule has 7 heteroatoms. The third kappa shape index (κ3) is 8.19. The molecule has 0 spiro atoms. The van der Waals surface area contributed by atoms with Gasteiger partial charge in [-0.1, -0.05) is 0 Å². The SMILES string of the molecule is CNC(CCOCCC(F)(F)F)C(N)=O. The fourth-order valence-corrected chi connectivity index (χ4v) is 0.920. The van der Waals surface area contributed by atoms with Crippen LogP contribution >= 0.6 is 0 Å². The van der Waals surface area contributed by atoms with Crippen LogP contribution in [0.5, 0.6) is 0 Å². The second kappa shape index (κ2) is 6.62. The van der Waals surface area contributed by atoms with Crippen LogP contribution in [0.1, 0.15) is 12.8 Å². The minimum atomic E-state index is -4.20. The lowest BCUT2D eigenvalue weighted by molar-refractivity contribution is -0.145. The summed E-state index contributed by atoms with van der Waals surface area (Å²) in [5, 5.41) is 2.63. The molecule has 0 aliphatic carbocycles. The Bertz CT molecular complexity index is 197. The molecule has 0 aromatic heterocycles. The Labute approximate surface area is 86.0 Å². The van der Waals surface area contributed by atoms with Crippen molar-refractivity contribution in [1.82, 2.24) is 5.32 Å². The van der Waals surface area contributed by atoms with Gasteiger partial charge in [-0.05, 0) is 13.5 Å². The molecule has 0 heterocycles. The third-order valence-corrected chi connectivity index (χ3v) is 1.77. The zero-order valence-corrected chi connectivity index (χ0v) is 8.43. The molecular weight excluding hydrogens is 213 g/mol. The van der Waals surface area contributed by atoms with Gasteiger partial charge < -0.3 is 15.8 Å². The van der Waals surface area contributed by atoms with Gasteiger partial charge in [0.15, 0.2) is 0 Å². The van der Waals surface area contributed by atoms with Crippen LogP contribution in [-0.2, 0) is 9.53 Å². The molecular formula is C8H15F3N2O2. The summed E-state index contributed by atoms with van der Waals surface area (Å²) < 4.78 is 39.7. The van der Waals surface area contributed by atoms with E-state index in [1.165, 1.54) is 0 Å². The summed E-state index contributed by atoms with van der Waals surface area (Å²) >= 11 is 0. The molecule has 0 aliphatic heterocycles. The normalized spacial score (nSPS) is 13.9. The van der Waals surface area contributed by atoms with E-state index in [1.807, 2.05) is 0 Å². The molecule has 15 heavy (non-hydrogen) atoms. The molecule has 4 nitrogen and oxygen atoms in total. The Morgan fingerprint density at radius 3 is 2.47 bits per heavy atom. The molecule has 0 saturated carbocycles. The fourth-order valence-electron chi connectivity index (χ4n) is 0.920.